The van der Waals surface area contributed by atoms with Crippen LogP contribution in [-0.2, 0) is 5.41 Å². The first kappa shape index (κ1) is 20.9. The summed E-state index contributed by atoms with van der Waals surface area (Å²) in [6.45, 7) is 0. The maximum absolute atomic E-state index is 10.8. The molecule has 1 unspecified atom stereocenters. The van der Waals surface area contributed by atoms with Crippen molar-refractivity contribution in [2.45, 2.75) is 5.41 Å². The molecule has 1 heterocycles. The Morgan fingerprint density at radius 1 is 0.487 bits per heavy atom. The van der Waals surface area contributed by atoms with E-state index in [-0.39, 0.29) is 0 Å². The van der Waals surface area contributed by atoms with Crippen LogP contribution < -0.4 is 0 Å². The minimum atomic E-state index is -0.485. The summed E-state index contributed by atoms with van der Waals surface area (Å²) in [7, 11) is 0. The molecule has 6 aromatic carbocycles. The first-order valence-corrected chi connectivity index (χ1v) is 13.4. The minimum absolute atomic E-state index is 0.300. The van der Waals surface area contributed by atoms with Crippen molar-refractivity contribution >= 4 is 21.8 Å². The van der Waals surface area contributed by atoms with Crippen LogP contribution >= 0.6 is 0 Å². The minimum Gasteiger partial charge on any atom is -0.508 e. The van der Waals surface area contributed by atoms with E-state index in [0.29, 0.717) is 5.75 Å². The zero-order chi connectivity index (χ0) is 25.7. The zero-order valence-electron chi connectivity index (χ0n) is 21.1. The predicted molar refractivity (Wildman–Crippen MR) is 159 cm³/mol. The Hall–Kier alpha value is -5.08. The van der Waals surface area contributed by atoms with Crippen LogP contribution in [0.1, 0.15) is 22.3 Å². The molecule has 0 amide bonds. The summed E-state index contributed by atoms with van der Waals surface area (Å²) in [6.07, 6.45) is 0. The van der Waals surface area contributed by atoms with Gasteiger partial charge in [0.2, 0.25) is 0 Å². The molecular formula is C37H23NO. The molecular weight excluding hydrogens is 474 g/mol. The van der Waals surface area contributed by atoms with Gasteiger partial charge in [-0.3, -0.25) is 0 Å². The van der Waals surface area contributed by atoms with Gasteiger partial charge in [-0.2, -0.15) is 0 Å². The maximum Gasteiger partial charge on any atom is 0.115 e. The van der Waals surface area contributed by atoms with Gasteiger partial charge in [-0.1, -0.05) is 97.1 Å². The number of hydrogen-bond acceptors (Lipinski definition) is 1. The van der Waals surface area contributed by atoms with Crippen molar-refractivity contribution in [3.63, 3.8) is 0 Å². The molecule has 7 aromatic rings. The Bertz CT molecular complexity index is 2140. The third-order valence-corrected chi connectivity index (χ3v) is 8.89. The first-order valence-electron chi connectivity index (χ1n) is 13.4. The lowest BCUT2D eigenvalue weighted by Gasteiger charge is -2.30. The van der Waals surface area contributed by atoms with Crippen molar-refractivity contribution < 1.29 is 5.11 Å². The van der Waals surface area contributed by atoms with Gasteiger partial charge in [0.25, 0.3) is 0 Å². The maximum atomic E-state index is 10.8. The summed E-state index contributed by atoms with van der Waals surface area (Å²) in [4.78, 5) is 0. The van der Waals surface area contributed by atoms with Crippen LogP contribution in [0.25, 0.3) is 49.7 Å². The van der Waals surface area contributed by atoms with Crippen LogP contribution in [-0.4, -0.2) is 9.67 Å². The van der Waals surface area contributed by atoms with Crippen LogP contribution in [0.3, 0.4) is 0 Å². The molecule has 2 heteroatoms. The molecule has 0 aliphatic heterocycles. The predicted octanol–water partition coefficient (Wildman–Crippen LogP) is 8.83. The number of phenols is 1. The third-order valence-electron chi connectivity index (χ3n) is 8.89. The molecule has 9 rings (SSSR count). The topological polar surface area (TPSA) is 25.2 Å². The van der Waals surface area contributed by atoms with Gasteiger partial charge >= 0.3 is 0 Å². The van der Waals surface area contributed by atoms with Gasteiger partial charge in [-0.05, 0) is 80.9 Å². The molecule has 1 N–H and O–H groups in total. The number of aromatic hydroxyl groups is 1. The Morgan fingerprint density at radius 3 is 2.00 bits per heavy atom. The molecule has 0 saturated heterocycles. The largest absolute Gasteiger partial charge is 0.508 e. The number of nitrogens with zero attached hydrogens (tertiary/aromatic N) is 1. The van der Waals surface area contributed by atoms with Crippen molar-refractivity contribution in [1.82, 2.24) is 4.57 Å². The summed E-state index contributed by atoms with van der Waals surface area (Å²) in [6, 6.07) is 47.5. The number of hydrogen-bond donors (Lipinski definition) is 1. The van der Waals surface area contributed by atoms with E-state index >= 15 is 0 Å². The number of rotatable bonds is 1. The molecule has 182 valence electrons. The molecule has 2 aliphatic carbocycles. The molecule has 0 saturated carbocycles. The van der Waals surface area contributed by atoms with Crippen molar-refractivity contribution in [1.29, 1.82) is 0 Å². The van der Waals surface area contributed by atoms with Gasteiger partial charge in [0.1, 0.15) is 5.75 Å². The summed E-state index contributed by atoms with van der Waals surface area (Å²) >= 11 is 0. The van der Waals surface area contributed by atoms with Crippen LogP contribution in [0.4, 0.5) is 0 Å². The average molecular weight is 498 g/mol. The second-order valence-electron chi connectivity index (χ2n) is 10.6. The third kappa shape index (κ3) is 2.43. The molecule has 1 spiro atoms. The van der Waals surface area contributed by atoms with E-state index in [0.717, 1.165) is 11.3 Å². The lowest BCUT2D eigenvalue weighted by atomic mass is 9.70. The quantitative estimate of drug-likeness (QED) is 0.241. The summed E-state index contributed by atoms with van der Waals surface area (Å²) in [5.74, 6) is 0.300. The Labute approximate surface area is 226 Å². The number of aromatic nitrogens is 1. The van der Waals surface area contributed by atoms with E-state index in [4.69, 9.17) is 0 Å². The smallest absolute Gasteiger partial charge is 0.115 e. The monoisotopic (exact) mass is 497 g/mol. The van der Waals surface area contributed by atoms with E-state index in [2.05, 4.69) is 126 Å². The van der Waals surface area contributed by atoms with Gasteiger partial charge in [-0.15, -0.1) is 0 Å². The molecule has 0 radical (unpaired) electrons. The number of phenolic OH excluding ortho intramolecular Hbond substituents is 1. The number of para-hydroxylation sites is 2. The lowest BCUT2D eigenvalue weighted by molar-refractivity contribution is 0.474. The highest BCUT2D eigenvalue weighted by molar-refractivity contribution is 6.18. The van der Waals surface area contributed by atoms with Crippen molar-refractivity contribution in [2.75, 3.05) is 0 Å². The molecule has 1 aromatic heterocycles. The molecule has 39 heavy (non-hydrogen) atoms. The van der Waals surface area contributed by atoms with Crippen LogP contribution in [0, 0.1) is 0 Å². The van der Waals surface area contributed by atoms with Gasteiger partial charge in [0, 0.05) is 16.5 Å². The van der Waals surface area contributed by atoms with Crippen LogP contribution in [0.2, 0.25) is 0 Å². The van der Waals surface area contributed by atoms with Gasteiger partial charge < -0.3 is 9.67 Å². The first-order chi connectivity index (χ1) is 19.3. The Balaban J connectivity index is 1.51. The lowest BCUT2D eigenvalue weighted by Crippen LogP contribution is -2.25. The average Bonchev–Trinajstić information content (AvgIpc) is 3.59. The second kappa shape index (κ2) is 7.27. The highest BCUT2D eigenvalue weighted by atomic mass is 16.3. The molecule has 2 nitrogen and oxygen atoms in total. The Kier molecular flexibility index (Phi) is 3.90. The normalized spacial score (nSPS) is 16.4. The van der Waals surface area contributed by atoms with Gasteiger partial charge in [-0.25, -0.2) is 0 Å². The number of fused-ring (bicyclic) bond motifs is 14. The fraction of sp³-hybridized carbons (Fsp3) is 0.0270. The van der Waals surface area contributed by atoms with E-state index in [1.807, 2.05) is 12.1 Å². The summed E-state index contributed by atoms with van der Waals surface area (Å²) in [5.41, 5.74) is 13.1. The van der Waals surface area contributed by atoms with Crippen LogP contribution in [0.15, 0.2) is 133 Å². The summed E-state index contributed by atoms with van der Waals surface area (Å²) < 4.78 is 2.39. The van der Waals surface area contributed by atoms with Crippen LogP contribution in [0.5, 0.6) is 5.75 Å². The van der Waals surface area contributed by atoms with E-state index in [9.17, 15) is 5.11 Å². The highest BCUT2D eigenvalue weighted by Gasteiger charge is 2.52. The fourth-order valence-corrected chi connectivity index (χ4v) is 7.53. The van der Waals surface area contributed by atoms with Crippen molar-refractivity contribution in [2.24, 2.45) is 0 Å². The highest BCUT2D eigenvalue weighted by Crippen LogP contribution is 2.64. The molecule has 2 aliphatic rings. The van der Waals surface area contributed by atoms with Crippen molar-refractivity contribution in [3.05, 3.63) is 156 Å². The van der Waals surface area contributed by atoms with Gasteiger partial charge in [0.05, 0.1) is 16.4 Å². The van der Waals surface area contributed by atoms with Crippen molar-refractivity contribution in [3.8, 4) is 33.7 Å². The number of benzene rings is 6. The van der Waals surface area contributed by atoms with E-state index in [1.54, 1.807) is 0 Å². The van der Waals surface area contributed by atoms with E-state index in [1.165, 1.54) is 60.8 Å². The Morgan fingerprint density at radius 2 is 1.15 bits per heavy atom. The SMILES string of the molecule is Oc1ccc2c(c1)C1(c3ccccc3-2)c2ccccc2-c2c1ccc1c2c2ccccc2n1-c1ccccc1. The fourth-order valence-electron chi connectivity index (χ4n) is 7.53. The zero-order valence-corrected chi connectivity index (χ0v) is 21.1. The molecule has 0 bridgehead atoms. The molecule has 0 fully saturated rings. The second-order valence-corrected chi connectivity index (χ2v) is 10.6. The van der Waals surface area contributed by atoms with Gasteiger partial charge in [0.15, 0.2) is 0 Å². The molecule has 1 atom stereocenters. The summed E-state index contributed by atoms with van der Waals surface area (Å²) in [5, 5.41) is 13.3. The van der Waals surface area contributed by atoms with E-state index < -0.39 is 5.41 Å². The standard InChI is InChI=1S/C37H23NO/c39-24-18-19-26-25-12-4-7-15-29(25)37(32(26)22-24)30-16-8-5-13-27(30)35-31(37)20-21-34-36(35)28-14-6-9-17-33(28)38(34)23-10-2-1-3-11-23/h1-22,39H.